The molecule has 0 atom stereocenters. The second-order valence-corrected chi connectivity index (χ2v) is 11.4. The van der Waals surface area contributed by atoms with E-state index in [9.17, 15) is 5.48 Å². The van der Waals surface area contributed by atoms with Crippen molar-refractivity contribution in [2.75, 3.05) is 0 Å². The van der Waals surface area contributed by atoms with E-state index in [0.29, 0.717) is 11.1 Å². The van der Waals surface area contributed by atoms with Crippen LogP contribution in [0.1, 0.15) is 13.7 Å². The van der Waals surface area contributed by atoms with Crippen LogP contribution in [-0.2, 0) is 0 Å². The summed E-state index contributed by atoms with van der Waals surface area (Å²) in [5.74, 6) is 0.116. The van der Waals surface area contributed by atoms with Crippen LogP contribution in [0.2, 0.25) is 0 Å². The smallest absolute Gasteiger partial charge is 0.135 e. The van der Waals surface area contributed by atoms with Crippen molar-refractivity contribution in [3.05, 3.63) is 164 Å². The molecule has 2 heterocycles. The minimum absolute atomic E-state index is 0.0282. The van der Waals surface area contributed by atoms with Crippen LogP contribution in [0, 0.1) is 0 Å². The summed E-state index contributed by atoms with van der Waals surface area (Å²) in [4.78, 5) is 0. The number of rotatable bonds is 3. The van der Waals surface area contributed by atoms with Crippen molar-refractivity contribution < 1.29 is 18.4 Å². The second kappa shape index (κ2) is 9.69. The van der Waals surface area contributed by atoms with Crippen LogP contribution >= 0.6 is 0 Å². The van der Waals surface area contributed by atoms with E-state index in [0.717, 1.165) is 38.3 Å². The zero-order valence-electron chi connectivity index (χ0n) is 34.2. The van der Waals surface area contributed by atoms with Crippen LogP contribution in [0.4, 0.5) is 0 Å². The predicted molar refractivity (Wildman–Crippen MR) is 192 cm³/mol. The first kappa shape index (κ1) is 17.4. The molecule has 0 saturated heterocycles. The van der Waals surface area contributed by atoms with Gasteiger partial charge in [0.15, 0.2) is 0 Å². The van der Waals surface area contributed by atoms with Gasteiger partial charge in [-0.25, -0.2) is 0 Å². The first-order valence-corrected chi connectivity index (χ1v) is 15.0. The number of ether oxygens (including phenoxy) is 1. The average Bonchev–Trinajstić information content (AvgIpc) is 3.55. The Labute approximate surface area is 280 Å². The Hall–Kier alpha value is -6.12. The number of benzene rings is 8. The molecule has 0 aliphatic carbocycles. The minimum Gasteiger partial charge on any atom is -0.456 e. The maximum absolute atomic E-state index is 9.25. The monoisotopic (exact) mass is 595 g/mol. The summed E-state index contributed by atoms with van der Waals surface area (Å²) in [6, 6.07) is 29.4. The number of aromatic nitrogens is 1. The van der Waals surface area contributed by atoms with E-state index in [1.165, 1.54) is 6.07 Å². The molecule has 8 aromatic carbocycles. The Morgan fingerprint density at radius 3 is 2.07 bits per heavy atom. The molecule has 0 fully saturated rings. The molecule has 9 aromatic rings. The Balaban J connectivity index is 1.17. The van der Waals surface area contributed by atoms with Gasteiger partial charge in [0.1, 0.15) is 11.5 Å². The molecule has 2 heteroatoms. The highest BCUT2D eigenvalue weighted by Crippen LogP contribution is 2.47. The van der Waals surface area contributed by atoms with Crippen molar-refractivity contribution >= 4 is 43.4 Å². The summed E-state index contributed by atoms with van der Waals surface area (Å²) in [5, 5.41) is 4.10. The van der Waals surface area contributed by atoms with Gasteiger partial charge in [-0.1, -0.05) is 121 Å². The van der Waals surface area contributed by atoms with Crippen LogP contribution in [0.3, 0.4) is 0 Å². The van der Waals surface area contributed by atoms with Crippen LogP contribution in [-0.4, -0.2) is 4.57 Å². The quantitative estimate of drug-likeness (QED) is 0.198. The number of para-hydroxylation sites is 1. The van der Waals surface area contributed by atoms with E-state index in [2.05, 4.69) is 41.0 Å². The van der Waals surface area contributed by atoms with Crippen molar-refractivity contribution in [2.24, 2.45) is 0 Å². The van der Waals surface area contributed by atoms with E-state index in [4.69, 9.17) is 13.0 Å². The van der Waals surface area contributed by atoms with E-state index >= 15 is 0 Å². The van der Waals surface area contributed by atoms with Crippen LogP contribution in [0.25, 0.3) is 82.4 Å². The Morgan fingerprint density at radius 2 is 1.22 bits per heavy atom. The number of hydrogen-bond donors (Lipinski definition) is 0. The fraction of sp³-hybridized carbons (Fsp3) is 0. The molecule has 1 aliphatic heterocycles. The molecule has 0 N–H and O–H groups in total. The van der Waals surface area contributed by atoms with Gasteiger partial charge in [0.25, 0.3) is 0 Å². The number of nitrogens with zero attached hydrogens (tertiary/aromatic N) is 1. The lowest BCUT2D eigenvalue weighted by Gasteiger charge is -2.22. The lowest BCUT2D eigenvalue weighted by atomic mass is 9.92. The summed E-state index contributed by atoms with van der Waals surface area (Å²) in [6.07, 6.45) is 0. The maximum Gasteiger partial charge on any atom is 0.135 e. The third-order valence-electron chi connectivity index (χ3n) is 8.80. The summed E-state index contributed by atoms with van der Waals surface area (Å²) in [7, 11) is 0. The fourth-order valence-electron chi connectivity index (χ4n) is 6.68. The van der Waals surface area contributed by atoms with Gasteiger partial charge in [0.2, 0.25) is 0 Å². The predicted octanol–water partition coefficient (Wildman–Crippen LogP) is 12.2. The average molecular weight is 596 g/mol. The molecule has 1 aromatic heterocycles. The van der Waals surface area contributed by atoms with Crippen LogP contribution < -0.4 is 4.74 Å². The van der Waals surface area contributed by atoms with E-state index < -0.39 is 24.2 Å². The standard InChI is InChI=1S/C44H27NO/c1-2-11-34(12-3-1)45-40-24-21-32(26-38(40)37-23-20-30-8-4-5-13-35(30)44(37)45)28-16-18-29(19-17-28)33-22-25-41-39(27-33)36-14-6-9-31-10-7-15-42(46-41)43(31)36/h1-27H/i6D,7D,9D,10D,14D,15D,16D,17D,18D,19D. The molecule has 214 valence electrons. The fourth-order valence-corrected chi connectivity index (χ4v) is 6.68. The normalized spacial score (nSPS) is 15.1. The van der Waals surface area contributed by atoms with Crippen LogP contribution in [0.15, 0.2) is 164 Å². The van der Waals surface area contributed by atoms with Gasteiger partial charge in [-0.15, -0.1) is 0 Å². The lowest BCUT2D eigenvalue weighted by molar-refractivity contribution is 0.487. The topological polar surface area (TPSA) is 14.2 Å². The van der Waals surface area contributed by atoms with Gasteiger partial charge in [-0.05, 0) is 81.0 Å². The molecule has 0 amide bonds. The minimum atomic E-state index is -0.456. The van der Waals surface area contributed by atoms with Gasteiger partial charge in [-0.2, -0.15) is 0 Å². The van der Waals surface area contributed by atoms with E-state index in [-0.39, 0.29) is 80.8 Å². The van der Waals surface area contributed by atoms with Gasteiger partial charge in [0, 0.05) is 32.8 Å². The summed E-state index contributed by atoms with van der Waals surface area (Å²) in [6.45, 7) is 0. The Kier molecular flexibility index (Phi) is 3.66. The van der Waals surface area contributed by atoms with Crippen molar-refractivity contribution in [3.8, 4) is 50.6 Å². The zero-order chi connectivity index (χ0) is 38.9. The first-order valence-electron chi connectivity index (χ1n) is 20.0. The van der Waals surface area contributed by atoms with Crippen molar-refractivity contribution in [1.29, 1.82) is 0 Å². The molecule has 0 spiro atoms. The van der Waals surface area contributed by atoms with Crippen molar-refractivity contribution in [2.45, 2.75) is 0 Å². The largest absolute Gasteiger partial charge is 0.456 e. The molecule has 10 rings (SSSR count). The van der Waals surface area contributed by atoms with Crippen LogP contribution in [0.5, 0.6) is 11.5 Å². The number of hydrogen-bond acceptors (Lipinski definition) is 1. The van der Waals surface area contributed by atoms with E-state index in [1.807, 2.05) is 48.5 Å². The zero-order valence-corrected chi connectivity index (χ0v) is 24.2. The van der Waals surface area contributed by atoms with Gasteiger partial charge in [0.05, 0.1) is 24.7 Å². The molecule has 46 heavy (non-hydrogen) atoms. The third kappa shape index (κ3) is 3.71. The maximum atomic E-state index is 9.25. The molecule has 0 bridgehead atoms. The summed E-state index contributed by atoms with van der Waals surface area (Å²) in [5.41, 5.74) is 4.38. The van der Waals surface area contributed by atoms with Gasteiger partial charge in [-0.3, -0.25) is 0 Å². The third-order valence-corrected chi connectivity index (χ3v) is 8.80. The highest BCUT2D eigenvalue weighted by atomic mass is 16.5. The lowest BCUT2D eigenvalue weighted by Crippen LogP contribution is -1.97. The van der Waals surface area contributed by atoms with Gasteiger partial charge < -0.3 is 9.30 Å². The molecule has 0 unspecified atom stereocenters. The van der Waals surface area contributed by atoms with E-state index in [1.54, 1.807) is 12.1 Å². The molecule has 2 nitrogen and oxygen atoms in total. The van der Waals surface area contributed by atoms with Crippen molar-refractivity contribution in [1.82, 2.24) is 4.57 Å². The van der Waals surface area contributed by atoms with Gasteiger partial charge >= 0.3 is 0 Å². The summed E-state index contributed by atoms with van der Waals surface area (Å²) >= 11 is 0. The molecule has 1 aliphatic rings. The van der Waals surface area contributed by atoms with Crippen molar-refractivity contribution in [3.63, 3.8) is 0 Å². The Morgan fingerprint density at radius 1 is 0.478 bits per heavy atom. The highest BCUT2D eigenvalue weighted by Gasteiger charge is 2.20. The summed E-state index contributed by atoms with van der Waals surface area (Å²) < 4.78 is 96.5. The molecular weight excluding hydrogens is 558 g/mol. The number of fused-ring (bicyclic) bond motifs is 7. The SMILES string of the molecule is [2H]c1c([2H])c(-c2ccc3c(c2)c2ccc4ccccc4c2n3-c2ccccc2)c([2H])c([2H])c1-c1ccc2c(c1)-c1c([2H])c([2H])c([2H])c3c([2H])c([2H])c([2H])c(c13)O2. The highest BCUT2D eigenvalue weighted by molar-refractivity contribution is 6.19. The first-order chi connectivity index (χ1) is 27.0. The molecule has 0 saturated carbocycles. The molecular formula is C44H27NO. The molecule has 0 radical (unpaired) electrons. The second-order valence-electron chi connectivity index (χ2n) is 11.4. The Bertz CT molecular complexity index is 3190.